The van der Waals surface area contributed by atoms with E-state index in [2.05, 4.69) is 5.32 Å². The first kappa shape index (κ1) is 25.0. The monoisotopic (exact) mass is 426 g/mol. The quantitative estimate of drug-likeness (QED) is 0.403. The van der Waals surface area contributed by atoms with E-state index in [0.29, 0.717) is 6.07 Å². The van der Waals surface area contributed by atoms with Gasteiger partial charge < -0.3 is 14.8 Å². The molecular weight excluding hydrogens is 399 g/mol. The van der Waals surface area contributed by atoms with Crippen molar-refractivity contribution in [3.8, 4) is 0 Å². The van der Waals surface area contributed by atoms with Crippen LogP contribution in [0.4, 0.5) is 10.1 Å². The number of amides is 1. The third-order valence-corrected chi connectivity index (χ3v) is 3.46. The van der Waals surface area contributed by atoms with E-state index < -0.39 is 51.5 Å². The SMILES string of the molecule is CC(C)(C)OC(=O)CCC(NC(=O)c1ccc([N+](=O)[O-])c(F)c1)C(=O)OC(C)(C)C. The van der Waals surface area contributed by atoms with Crippen LogP contribution < -0.4 is 5.32 Å². The molecule has 1 N–H and O–H groups in total. The van der Waals surface area contributed by atoms with E-state index in [4.69, 9.17) is 9.47 Å². The average Bonchev–Trinajstić information content (AvgIpc) is 2.54. The maximum Gasteiger partial charge on any atom is 0.329 e. The summed E-state index contributed by atoms with van der Waals surface area (Å²) in [5.41, 5.74) is -2.55. The smallest absolute Gasteiger partial charge is 0.329 e. The summed E-state index contributed by atoms with van der Waals surface area (Å²) in [5.74, 6) is -3.37. The molecule has 0 heterocycles. The number of hydrogen-bond donors (Lipinski definition) is 1. The summed E-state index contributed by atoms with van der Waals surface area (Å²) < 4.78 is 24.3. The Labute approximate surface area is 174 Å². The van der Waals surface area contributed by atoms with Gasteiger partial charge in [-0.2, -0.15) is 4.39 Å². The summed E-state index contributed by atoms with van der Waals surface area (Å²) in [5, 5.41) is 13.1. The van der Waals surface area contributed by atoms with E-state index in [-0.39, 0.29) is 18.4 Å². The minimum Gasteiger partial charge on any atom is -0.460 e. The third kappa shape index (κ3) is 8.54. The Morgan fingerprint density at radius 2 is 1.67 bits per heavy atom. The number of rotatable bonds is 7. The van der Waals surface area contributed by atoms with Crippen molar-refractivity contribution in [2.45, 2.75) is 71.6 Å². The van der Waals surface area contributed by atoms with Gasteiger partial charge in [-0.25, -0.2) is 4.79 Å². The second kappa shape index (κ2) is 9.64. The van der Waals surface area contributed by atoms with Gasteiger partial charge in [-0.05, 0) is 60.1 Å². The van der Waals surface area contributed by atoms with Crippen LogP contribution in [0.2, 0.25) is 0 Å². The van der Waals surface area contributed by atoms with Crippen LogP contribution in [0.3, 0.4) is 0 Å². The maximum atomic E-state index is 13.8. The Bertz CT molecular complexity index is 825. The van der Waals surface area contributed by atoms with Crippen molar-refractivity contribution in [1.82, 2.24) is 5.32 Å². The topological polar surface area (TPSA) is 125 Å². The number of esters is 2. The van der Waals surface area contributed by atoms with Gasteiger partial charge in [-0.1, -0.05) is 0 Å². The molecule has 0 bridgehead atoms. The second-order valence-corrected chi connectivity index (χ2v) is 8.61. The third-order valence-electron chi connectivity index (χ3n) is 3.46. The van der Waals surface area contributed by atoms with E-state index in [1.807, 2.05) is 0 Å². The molecule has 0 saturated carbocycles. The lowest BCUT2D eigenvalue weighted by molar-refractivity contribution is -0.387. The van der Waals surface area contributed by atoms with Crippen molar-refractivity contribution in [1.29, 1.82) is 0 Å². The number of nitro groups is 1. The van der Waals surface area contributed by atoms with Gasteiger partial charge in [0, 0.05) is 18.1 Å². The molecular formula is C20H27FN2O7. The highest BCUT2D eigenvalue weighted by Crippen LogP contribution is 2.19. The summed E-state index contributed by atoms with van der Waals surface area (Å²) in [7, 11) is 0. The molecule has 1 amide bonds. The first-order chi connectivity index (χ1) is 13.6. The van der Waals surface area contributed by atoms with Gasteiger partial charge in [-0.3, -0.25) is 19.7 Å². The minimum atomic E-state index is -1.21. The summed E-state index contributed by atoms with van der Waals surface area (Å²) >= 11 is 0. The second-order valence-electron chi connectivity index (χ2n) is 8.61. The Kier molecular flexibility index (Phi) is 8.03. The van der Waals surface area contributed by atoms with Crippen LogP contribution in [0.25, 0.3) is 0 Å². The van der Waals surface area contributed by atoms with Crippen LogP contribution in [-0.4, -0.2) is 40.0 Å². The molecule has 0 aliphatic rings. The van der Waals surface area contributed by atoms with Gasteiger partial charge in [-0.15, -0.1) is 0 Å². The number of nitrogens with zero attached hydrogens (tertiary/aromatic N) is 1. The molecule has 9 nitrogen and oxygen atoms in total. The fraction of sp³-hybridized carbons (Fsp3) is 0.550. The molecule has 1 unspecified atom stereocenters. The van der Waals surface area contributed by atoms with E-state index in [0.717, 1.165) is 12.1 Å². The zero-order valence-corrected chi connectivity index (χ0v) is 17.9. The predicted molar refractivity (Wildman–Crippen MR) is 105 cm³/mol. The van der Waals surface area contributed by atoms with Crippen LogP contribution >= 0.6 is 0 Å². The van der Waals surface area contributed by atoms with Crippen LogP contribution in [-0.2, 0) is 19.1 Å². The highest BCUT2D eigenvalue weighted by Gasteiger charge is 2.29. The average molecular weight is 426 g/mol. The number of nitro benzene ring substituents is 1. The van der Waals surface area contributed by atoms with Crippen molar-refractivity contribution in [2.75, 3.05) is 0 Å². The van der Waals surface area contributed by atoms with Crippen molar-refractivity contribution in [2.24, 2.45) is 0 Å². The molecule has 1 rings (SSSR count). The molecule has 0 aliphatic heterocycles. The van der Waals surface area contributed by atoms with Gasteiger partial charge in [0.2, 0.25) is 5.82 Å². The van der Waals surface area contributed by atoms with Crippen molar-refractivity contribution in [3.05, 3.63) is 39.7 Å². The Morgan fingerprint density at radius 1 is 1.10 bits per heavy atom. The molecule has 1 atom stereocenters. The number of carbonyl (C=O) groups is 3. The highest BCUT2D eigenvalue weighted by atomic mass is 19.1. The number of ether oxygens (including phenoxy) is 2. The molecule has 30 heavy (non-hydrogen) atoms. The van der Waals surface area contributed by atoms with E-state index in [9.17, 15) is 28.9 Å². The van der Waals surface area contributed by atoms with Crippen molar-refractivity contribution in [3.63, 3.8) is 0 Å². The van der Waals surface area contributed by atoms with E-state index in [1.54, 1.807) is 41.5 Å². The zero-order valence-electron chi connectivity index (χ0n) is 17.9. The standard InChI is InChI=1S/C20H27FN2O7/c1-19(2,3)29-16(24)10-8-14(18(26)30-20(4,5)6)22-17(25)12-7-9-15(23(27)28)13(21)11-12/h7,9,11,14H,8,10H2,1-6H3,(H,22,25). The lowest BCUT2D eigenvalue weighted by Crippen LogP contribution is -2.44. The van der Waals surface area contributed by atoms with E-state index in [1.165, 1.54) is 0 Å². The van der Waals surface area contributed by atoms with Gasteiger partial charge >= 0.3 is 17.6 Å². The Hall–Kier alpha value is -3.04. The van der Waals surface area contributed by atoms with Crippen LogP contribution in [0.5, 0.6) is 0 Å². The van der Waals surface area contributed by atoms with E-state index >= 15 is 0 Å². The number of halogens is 1. The first-order valence-corrected chi connectivity index (χ1v) is 9.28. The molecule has 0 saturated heterocycles. The number of hydrogen-bond acceptors (Lipinski definition) is 7. The van der Waals surface area contributed by atoms with Gasteiger partial charge in [0.25, 0.3) is 5.91 Å². The summed E-state index contributed by atoms with van der Waals surface area (Å²) in [6, 6.07) is 1.42. The Morgan fingerprint density at radius 3 is 2.13 bits per heavy atom. The highest BCUT2D eigenvalue weighted by molar-refractivity contribution is 5.97. The Balaban J connectivity index is 2.97. The molecule has 0 aromatic heterocycles. The molecule has 10 heteroatoms. The zero-order chi connectivity index (χ0) is 23.3. The molecule has 166 valence electrons. The fourth-order valence-electron chi connectivity index (χ4n) is 2.31. The lowest BCUT2D eigenvalue weighted by Gasteiger charge is -2.25. The lowest BCUT2D eigenvalue weighted by atomic mass is 10.1. The van der Waals surface area contributed by atoms with Gasteiger partial charge in [0.05, 0.1) is 4.92 Å². The molecule has 1 aromatic carbocycles. The van der Waals surface area contributed by atoms with Crippen LogP contribution in [0, 0.1) is 15.9 Å². The summed E-state index contributed by atoms with van der Waals surface area (Å²) in [4.78, 5) is 46.7. The molecule has 0 fully saturated rings. The molecule has 0 spiro atoms. The van der Waals surface area contributed by atoms with Gasteiger partial charge in [0.15, 0.2) is 0 Å². The first-order valence-electron chi connectivity index (χ1n) is 9.28. The molecule has 1 aromatic rings. The van der Waals surface area contributed by atoms with Crippen LogP contribution in [0.15, 0.2) is 18.2 Å². The molecule has 0 radical (unpaired) electrons. The van der Waals surface area contributed by atoms with Crippen molar-refractivity contribution >= 4 is 23.5 Å². The van der Waals surface area contributed by atoms with Crippen LogP contribution in [0.1, 0.15) is 64.7 Å². The predicted octanol–water partition coefficient (Wildman–Crippen LogP) is 3.30. The number of carbonyl (C=O) groups excluding carboxylic acids is 3. The number of nitrogens with one attached hydrogen (secondary N) is 1. The maximum absolute atomic E-state index is 13.8. The van der Waals surface area contributed by atoms with Gasteiger partial charge in [0.1, 0.15) is 17.2 Å². The number of benzene rings is 1. The minimum absolute atomic E-state index is 0.106. The fourth-order valence-corrected chi connectivity index (χ4v) is 2.31. The largest absolute Gasteiger partial charge is 0.460 e. The summed E-state index contributed by atoms with van der Waals surface area (Å²) in [6.45, 7) is 10.0. The summed E-state index contributed by atoms with van der Waals surface area (Å²) in [6.07, 6.45) is -0.277. The molecule has 0 aliphatic carbocycles. The van der Waals surface area contributed by atoms with Crippen molar-refractivity contribution < 1.29 is 33.2 Å². The normalized spacial score (nSPS) is 12.6.